The lowest BCUT2D eigenvalue weighted by molar-refractivity contribution is 0.519. The van der Waals surface area contributed by atoms with Gasteiger partial charge in [0.15, 0.2) is 5.42 Å². The van der Waals surface area contributed by atoms with Crippen LogP contribution in [0.5, 0.6) is 0 Å². The summed E-state index contributed by atoms with van der Waals surface area (Å²) in [5.74, 6) is 2.30. The number of fused-ring (bicyclic) bond motifs is 4. The summed E-state index contributed by atoms with van der Waals surface area (Å²) in [6.07, 6.45) is 2.09. The summed E-state index contributed by atoms with van der Waals surface area (Å²) in [6.45, 7) is 6.61. The number of furan rings is 1. The van der Waals surface area contributed by atoms with E-state index in [4.69, 9.17) is 4.42 Å². The van der Waals surface area contributed by atoms with Crippen LogP contribution in [0, 0.1) is 6.92 Å². The molecule has 0 saturated heterocycles. The molecule has 0 radical (unpaired) electrons. The first kappa shape index (κ1) is 16.3. The molecule has 136 valence electrons. The van der Waals surface area contributed by atoms with Gasteiger partial charge in [0, 0.05) is 29.5 Å². The smallest absolute Gasteiger partial charge is 0.405 e. The average Bonchev–Trinajstić information content (AvgIpc) is 3.06. The second-order valence-corrected chi connectivity index (χ2v) is 7.97. The number of aryl methyl sites for hydroxylation is 1. The molecule has 27 heavy (non-hydrogen) atoms. The molecule has 0 N–H and O–H groups in total. The van der Waals surface area contributed by atoms with E-state index in [1.54, 1.807) is 0 Å². The molecule has 2 aliphatic heterocycles. The summed E-state index contributed by atoms with van der Waals surface area (Å²) in [6, 6.07) is 12.8. The van der Waals surface area contributed by atoms with Crippen molar-refractivity contribution in [2.75, 3.05) is 23.8 Å². The Balaban J connectivity index is 1.73. The Kier molecular flexibility index (Phi) is 3.21. The average molecular weight is 358 g/mol. The Labute approximate surface area is 159 Å². The topological polar surface area (TPSA) is 35.8 Å². The fourth-order valence-electron chi connectivity index (χ4n) is 4.33. The lowest BCUT2D eigenvalue weighted by Crippen LogP contribution is -2.62. The van der Waals surface area contributed by atoms with Gasteiger partial charge >= 0.3 is 6.98 Å². The van der Waals surface area contributed by atoms with Gasteiger partial charge in [-0.25, -0.2) is 4.98 Å². The first-order valence-electron chi connectivity index (χ1n) is 9.32. The maximum Gasteiger partial charge on any atom is 0.405 e. The number of aromatic nitrogens is 1. The third-order valence-electron chi connectivity index (χ3n) is 5.99. The van der Waals surface area contributed by atoms with Crippen molar-refractivity contribution in [1.29, 1.82) is 0 Å². The van der Waals surface area contributed by atoms with E-state index >= 15 is 0 Å². The molecule has 4 heterocycles. The van der Waals surface area contributed by atoms with Crippen LogP contribution in [0.1, 0.15) is 19.5 Å². The van der Waals surface area contributed by atoms with Crippen molar-refractivity contribution in [2.45, 2.75) is 26.4 Å². The van der Waals surface area contributed by atoms with Crippen LogP contribution in [0.3, 0.4) is 0 Å². The monoisotopic (exact) mass is 358 g/mol. The van der Waals surface area contributed by atoms with E-state index in [1.807, 2.05) is 13.0 Å². The fourth-order valence-corrected chi connectivity index (χ4v) is 4.33. The van der Waals surface area contributed by atoms with Gasteiger partial charge in [-0.05, 0) is 52.1 Å². The number of hydrogen-bond acceptors (Lipinski definition) is 5. The van der Waals surface area contributed by atoms with Crippen molar-refractivity contribution in [3.05, 3.63) is 52.7 Å². The summed E-state index contributed by atoms with van der Waals surface area (Å²) in [4.78, 5) is 11.6. The Bertz CT molecular complexity index is 1180. The van der Waals surface area contributed by atoms with E-state index in [1.165, 1.54) is 11.4 Å². The molecule has 0 fully saturated rings. The predicted molar refractivity (Wildman–Crippen MR) is 112 cm³/mol. The molecule has 2 aromatic heterocycles. The normalized spacial score (nSPS) is 17.7. The van der Waals surface area contributed by atoms with Gasteiger partial charge in [0.2, 0.25) is 5.71 Å². The van der Waals surface area contributed by atoms with E-state index in [-0.39, 0.29) is 12.6 Å². The van der Waals surface area contributed by atoms with Crippen molar-refractivity contribution in [1.82, 2.24) is 9.79 Å². The lowest BCUT2D eigenvalue weighted by atomic mass is 9.68. The molecule has 0 amide bonds. The molecule has 0 saturated carbocycles. The molecule has 3 aromatic rings. The van der Waals surface area contributed by atoms with Crippen molar-refractivity contribution in [3.63, 3.8) is 0 Å². The van der Waals surface area contributed by atoms with Crippen LogP contribution in [-0.2, 0) is 0 Å². The van der Waals surface area contributed by atoms with Crippen LogP contribution in [0.25, 0.3) is 23.3 Å². The van der Waals surface area contributed by atoms with Crippen LogP contribution in [0.15, 0.2) is 40.8 Å². The summed E-state index contributed by atoms with van der Waals surface area (Å²) in [5.41, 5.74) is 4.90. The van der Waals surface area contributed by atoms with Crippen LogP contribution >= 0.6 is 0 Å². The third-order valence-corrected chi connectivity index (χ3v) is 5.99. The van der Waals surface area contributed by atoms with Crippen LogP contribution in [-0.4, -0.2) is 36.5 Å². The molecule has 0 aliphatic carbocycles. The van der Waals surface area contributed by atoms with Crippen molar-refractivity contribution in [3.8, 4) is 0 Å². The van der Waals surface area contributed by atoms with E-state index in [2.05, 4.69) is 90.0 Å². The predicted octanol–water partition coefficient (Wildman–Crippen LogP) is 2.32. The highest BCUT2D eigenvalue weighted by Crippen LogP contribution is 2.44. The van der Waals surface area contributed by atoms with Crippen molar-refractivity contribution >= 4 is 41.6 Å². The van der Waals surface area contributed by atoms with Crippen molar-refractivity contribution in [2.24, 2.45) is 0 Å². The van der Waals surface area contributed by atoms with Crippen molar-refractivity contribution < 1.29 is 4.42 Å². The molecule has 6 heteroatoms. The summed E-state index contributed by atoms with van der Waals surface area (Å²) < 4.78 is 6.03. The molecular formula is C21H23BN4O. The maximum atomic E-state index is 6.03. The number of rotatable bonds is 1. The number of anilines is 2. The minimum Gasteiger partial charge on any atom is -0.436 e. The standard InChI is InChI=1S/C21H23BN4O/c1-14-10-11-15-16-12-22(24(4)13-19(16)27-20(15)23-14)26-18-9-7-6-8-17(18)25(5)21(26,2)3/h6-13H,1-5H3. The number of para-hydroxylation sites is 2. The minimum absolute atomic E-state index is 0.0840. The lowest BCUT2D eigenvalue weighted by Gasteiger charge is -2.43. The van der Waals surface area contributed by atoms with E-state index in [0.29, 0.717) is 5.71 Å². The second-order valence-electron chi connectivity index (χ2n) is 7.97. The zero-order valence-electron chi connectivity index (χ0n) is 16.4. The molecule has 0 spiro atoms. The van der Waals surface area contributed by atoms with Gasteiger partial charge in [0.25, 0.3) is 0 Å². The largest absolute Gasteiger partial charge is 0.436 e. The van der Waals surface area contributed by atoms with E-state index < -0.39 is 0 Å². The Hall–Kier alpha value is -2.89. The molecule has 5 rings (SSSR count). The first-order valence-corrected chi connectivity index (χ1v) is 9.32. The molecule has 0 bridgehead atoms. The second kappa shape index (κ2) is 5.32. The Morgan fingerprint density at radius 3 is 2.56 bits per heavy atom. The quantitative estimate of drug-likeness (QED) is 0.624. The summed E-state index contributed by atoms with van der Waals surface area (Å²) in [7, 11) is 4.27. The molecule has 1 aromatic carbocycles. The number of hydrogen-bond donors (Lipinski definition) is 0. The molecule has 0 unspecified atom stereocenters. The Morgan fingerprint density at radius 2 is 1.78 bits per heavy atom. The molecule has 2 aliphatic rings. The first-order chi connectivity index (χ1) is 12.9. The highest BCUT2D eigenvalue weighted by molar-refractivity contribution is 6.75. The van der Waals surface area contributed by atoms with Gasteiger partial charge in [-0.1, -0.05) is 18.1 Å². The van der Waals surface area contributed by atoms with Crippen LogP contribution < -0.4 is 20.3 Å². The number of pyridine rings is 1. The van der Waals surface area contributed by atoms with Gasteiger partial charge < -0.3 is 18.9 Å². The number of benzene rings is 1. The summed E-state index contributed by atoms with van der Waals surface area (Å²) in [5, 5.41) is 2.20. The highest BCUT2D eigenvalue weighted by Gasteiger charge is 2.46. The van der Waals surface area contributed by atoms with E-state index in [9.17, 15) is 0 Å². The van der Waals surface area contributed by atoms with E-state index in [0.717, 1.165) is 21.7 Å². The van der Waals surface area contributed by atoms with Crippen LogP contribution in [0.2, 0.25) is 0 Å². The third kappa shape index (κ3) is 2.16. The molecular weight excluding hydrogens is 335 g/mol. The van der Waals surface area contributed by atoms with Gasteiger partial charge in [-0.3, -0.25) is 0 Å². The minimum atomic E-state index is -0.154. The SMILES string of the molecule is Cc1ccc2c3c(oc2n1)=CN(C)B(N1c2ccccc2N(C)C1(C)C)C=3. The number of nitrogens with zero attached hydrogens (tertiary/aromatic N) is 4. The zero-order valence-corrected chi connectivity index (χ0v) is 16.4. The van der Waals surface area contributed by atoms with Gasteiger partial charge in [0.1, 0.15) is 0 Å². The molecule has 5 nitrogen and oxygen atoms in total. The van der Waals surface area contributed by atoms with Gasteiger partial charge in [-0.15, -0.1) is 0 Å². The fraction of sp³-hybridized carbons (Fsp3) is 0.286. The van der Waals surface area contributed by atoms with Gasteiger partial charge in [0.05, 0.1) is 17.0 Å². The highest BCUT2D eigenvalue weighted by atomic mass is 16.3. The van der Waals surface area contributed by atoms with Crippen LogP contribution in [0.4, 0.5) is 11.4 Å². The maximum absolute atomic E-state index is 6.03. The Morgan fingerprint density at radius 1 is 1.04 bits per heavy atom. The summed E-state index contributed by atoms with van der Waals surface area (Å²) >= 11 is 0. The zero-order chi connectivity index (χ0) is 18.9. The van der Waals surface area contributed by atoms with Gasteiger partial charge in [-0.2, -0.15) is 0 Å². The molecule has 0 atom stereocenters.